The molecule has 21 heavy (non-hydrogen) atoms. The minimum absolute atomic E-state index is 0.257. The molecule has 0 unspecified atom stereocenters. The molecule has 0 aliphatic carbocycles. The second kappa shape index (κ2) is 7.38. The topological polar surface area (TPSA) is 43.4 Å². The number of carbonyl (C=O) groups excluding carboxylic acids is 2. The van der Waals surface area contributed by atoms with Crippen LogP contribution in [-0.4, -0.2) is 18.4 Å². The van der Waals surface area contributed by atoms with Gasteiger partial charge in [0.15, 0.2) is 12.4 Å². The predicted molar refractivity (Wildman–Crippen MR) is 92.9 cm³/mol. The van der Waals surface area contributed by atoms with Crippen LogP contribution in [0.3, 0.4) is 0 Å². The fourth-order valence-electron chi connectivity index (χ4n) is 1.58. The van der Waals surface area contributed by atoms with Gasteiger partial charge in [-0.2, -0.15) is 0 Å². The number of ether oxygens (including phenoxy) is 1. The van der Waals surface area contributed by atoms with Gasteiger partial charge in [0.05, 0.1) is 5.56 Å². The van der Waals surface area contributed by atoms with Crippen molar-refractivity contribution in [3.05, 3.63) is 66.7 Å². The summed E-state index contributed by atoms with van der Waals surface area (Å²) in [6.45, 7) is -0.303. The van der Waals surface area contributed by atoms with Gasteiger partial charge < -0.3 is 4.74 Å². The Morgan fingerprint density at radius 1 is 1.14 bits per heavy atom. The van der Waals surface area contributed by atoms with Crippen LogP contribution in [0.15, 0.2) is 46.9 Å². The summed E-state index contributed by atoms with van der Waals surface area (Å²) in [6, 6.07) is 11.8. The Kier molecular flexibility index (Phi) is 5.78. The predicted octanol–water partition coefficient (Wildman–Crippen LogP) is 4.75. The molecule has 2 aromatic rings. The van der Waals surface area contributed by atoms with Crippen molar-refractivity contribution in [3.63, 3.8) is 0 Å². The van der Waals surface area contributed by atoms with E-state index in [2.05, 4.69) is 15.9 Å². The average Bonchev–Trinajstić information content (AvgIpc) is 2.47. The highest BCUT2D eigenvalue weighted by Crippen LogP contribution is 2.19. The van der Waals surface area contributed by atoms with E-state index >= 15 is 0 Å². The van der Waals surface area contributed by atoms with Crippen molar-refractivity contribution in [2.24, 2.45) is 0 Å². The lowest BCUT2D eigenvalue weighted by atomic mass is 10.1. The second-order valence-electron chi connectivity index (χ2n) is 4.13. The van der Waals surface area contributed by atoms with E-state index in [0.29, 0.717) is 16.1 Å². The van der Waals surface area contributed by atoms with Gasteiger partial charge in [0.2, 0.25) is 0 Å². The summed E-state index contributed by atoms with van der Waals surface area (Å²) >= 11 is 11.2. The molecule has 0 atom stereocenters. The van der Waals surface area contributed by atoms with E-state index in [1.54, 1.807) is 36.4 Å². The lowest BCUT2D eigenvalue weighted by Crippen LogP contribution is -2.15. The number of Topliss-reactive ketones (excluding diaryl/α,β-unsaturated/α-hetero) is 1. The van der Waals surface area contributed by atoms with Crippen molar-refractivity contribution in [2.75, 3.05) is 6.61 Å². The summed E-state index contributed by atoms with van der Waals surface area (Å²) in [7, 11) is 0. The molecule has 0 aliphatic rings. The molecule has 0 amide bonds. The van der Waals surface area contributed by atoms with E-state index in [4.69, 9.17) is 16.3 Å². The lowest BCUT2D eigenvalue weighted by molar-refractivity contribution is 0.0473. The number of carbonyl (C=O) groups is 2. The summed E-state index contributed by atoms with van der Waals surface area (Å²) in [6.07, 6.45) is 0. The highest BCUT2D eigenvalue weighted by atomic mass is 127. The average molecular weight is 479 g/mol. The van der Waals surface area contributed by atoms with Crippen molar-refractivity contribution in [3.8, 4) is 0 Å². The van der Waals surface area contributed by atoms with Crippen LogP contribution in [0.1, 0.15) is 20.7 Å². The van der Waals surface area contributed by atoms with Gasteiger partial charge in [0, 0.05) is 18.6 Å². The fraction of sp³-hybridized carbons (Fsp3) is 0.0667. The van der Waals surface area contributed by atoms with E-state index in [1.807, 2.05) is 22.6 Å². The van der Waals surface area contributed by atoms with Gasteiger partial charge in [0.25, 0.3) is 0 Å². The first-order valence-corrected chi connectivity index (χ1v) is 8.13. The largest absolute Gasteiger partial charge is 0.454 e. The monoisotopic (exact) mass is 478 g/mol. The molecule has 6 heteroatoms. The first-order valence-electron chi connectivity index (χ1n) is 5.88. The number of esters is 1. The van der Waals surface area contributed by atoms with Crippen LogP contribution < -0.4 is 0 Å². The van der Waals surface area contributed by atoms with E-state index < -0.39 is 5.97 Å². The van der Waals surface area contributed by atoms with Crippen molar-refractivity contribution < 1.29 is 14.3 Å². The van der Waals surface area contributed by atoms with Gasteiger partial charge in [-0.05, 0) is 52.9 Å². The maximum atomic E-state index is 12.0. The Bertz CT molecular complexity index is 686. The molecule has 2 rings (SSSR count). The molecule has 2 aromatic carbocycles. The molecule has 0 radical (unpaired) electrons. The SMILES string of the molecule is O=C(COC(=O)c1cc(Cl)ccc1I)c1ccc(Br)cc1. The van der Waals surface area contributed by atoms with E-state index in [-0.39, 0.29) is 12.4 Å². The minimum atomic E-state index is -0.563. The number of ketones is 1. The number of rotatable bonds is 4. The van der Waals surface area contributed by atoms with Gasteiger partial charge in [-0.3, -0.25) is 4.79 Å². The van der Waals surface area contributed by atoms with Gasteiger partial charge in [-0.15, -0.1) is 0 Å². The zero-order chi connectivity index (χ0) is 15.4. The van der Waals surface area contributed by atoms with Gasteiger partial charge in [-0.1, -0.05) is 39.7 Å². The standard InChI is InChI=1S/C15H9BrClIO3/c16-10-3-1-9(2-4-10)14(19)8-21-15(20)12-7-11(17)5-6-13(12)18/h1-7H,8H2. The maximum absolute atomic E-state index is 12.0. The van der Waals surface area contributed by atoms with E-state index in [9.17, 15) is 9.59 Å². The molecule has 3 nitrogen and oxygen atoms in total. The first-order chi connectivity index (χ1) is 9.97. The summed E-state index contributed by atoms with van der Waals surface area (Å²) in [4.78, 5) is 23.9. The number of benzene rings is 2. The number of halogens is 3. The zero-order valence-electron chi connectivity index (χ0n) is 10.6. The second-order valence-corrected chi connectivity index (χ2v) is 6.64. The summed E-state index contributed by atoms with van der Waals surface area (Å²) in [5, 5.41) is 0.446. The van der Waals surface area contributed by atoms with Crippen molar-refractivity contribution in [2.45, 2.75) is 0 Å². The number of hydrogen-bond acceptors (Lipinski definition) is 3. The Balaban J connectivity index is 2.02. The molecular weight excluding hydrogens is 470 g/mol. The van der Waals surface area contributed by atoms with Crippen molar-refractivity contribution in [1.29, 1.82) is 0 Å². The molecular formula is C15H9BrClIO3. The summed E-state index contributed by atoms with van der Waals surface area (Å²) in [5.74, 6) is -0.819. The van der Waals surface area contributed by atoms with Crippen molar-refractivity contribution >= 4 is 61.9 Å². The molecule has 0 N–H and O–H groups in total. The molecule has 0 saturated heterocycles. The van der Waals surface area contributed by atoms with Crippen molar-refractivity contribution in [1.82, 2.24) is 0 Å². The lowest BCUT2D eigenvalue weighted by Gasteiger charge is -2.06. The third-order valence-electron chi connectivity index (χ3n) is 2.65. The van der Waals surface area contributed by atoms with Crippen LogP contribution in [0, 0.1) is 3.57 Å². The first kappa shape index (κ1) is 16.5. The normalized spacial score (nSPS) is 10.2. The summed E-state index contributed by atoms with van der Waals surface area (Å²) < 4.78 is 6.65. The fourth-order valence-corrected chi connectivity index (χ4v) is 2.57. The Hall–Kier alpha value is -0.920. The summed E-state index contributed by atoms with van der Waals surface area (Å²) in [5.41, 5.74) is 0.846. The maximum Gasteiger partial charge on any atom is 0.339 e. The smallest absolute Gasteiger partial charge is 0.339 e. The molecule has 0 fully saturated rings. The van der Waals surface area contributed by atoms with E-state index in [1.165, 1.54) is 6.07 Å². The van der Waals surface area contributed by atoms with Crippen LogP contribution >= 0.6 is 50.1 Å². The molecule has 108 valence electrons. The highest BCUT2D eigenvalue weighted by Gasteiger charge is 2.14. The van der Waals surface area contributed by atoms with E-state index in [0.717, 1.165) is 8.04 Å². The minimum Gasteiger partial charge on any atom is -0.454 e. The van der Waals surface area contributed by atoms with Gasteiger partial charge in [-0.25, -0.2) is 4.79 Å². The number of hydrogen-bond donors (Lipinski definition) is 0. The Morgan fingerprint density at radius 3 is 2.48 bits per heavy atom. The van der Waals surface area contributed by atoms with Crippen LogP contribution in [0.2, 0.25) is 5.02 Å². The highest BCUT2D eigenvalue weighted by molar-refractivity contribution is 14.1. The van der Waals surface area contributed by atoms with Crippen LogP contribution in [0.4, 0.5) is 0 Å². The molecule has 0 spiro atoms. The molecule has 0 heterocycles. The van der Waals surface area contributed by atoms with Gasteiger partial charge in [0.1, 0.15) is 0 Å². The molecule has 0 bridgehead atoms. The molecule has 0 saturated carbocycles. The molecule has 0 aliphatic heterocycles. The third-order valence-corrected chi connectivity index (χ3v) is 4.35. The Morgan fingerprint density at radius 2 is 1.81 bits per heavy atom. The third kappa shape index (κ3) is 4.52. The quantitative estimate of drug-likeness (QED) is 0.361. The van der Waals surface area contributed by atoms with Gasteiger partial charge >= 0.3 is 5.97 Å². The van der Waals surface area contributed by atoms with Crippen LogP contribution in [0.25, 0.3) is 0 Å². The zero-order valence-corrected chi connectivity index (χ0v) is 15.1. The Labute approximate surface area is 148 Å². The van der Waals surface area contributed by atoms with Crippen LogP contribution in [-0.2, 0) is 4.74 Å². The van der Waals surface area contributed by atoms with Crippen LogP contribution in [0.5, 0.6) is 0 Å². The molecule has 0 aromatic heterocycles.